The van der Waals surface area contributed by atoms with Gasteiger partial charge in [-0.2, -0.15) is 5.26 Å². The summed E-state index contributed by atoms with van der Waals surface area (Å²) in [6, 6.07) is 6.47. The Morgan fingerprint density at radius 3 is 2.88 bits per heavy atom. The largest absolute Gasteiger partial charge is 0.511 e. The van der Waals surface area contributed by atoms with Crippen molar-refractivity contribution in [3.8, 4) is 11.8 Å². The van der Waals surface area contributed by atoms with Gasteiger partial charge in [0.1, 0.15) is 11.8 Å². The molecule has 6 heteroatoms. The van der Waals surface area contributed by atoms with E-state index in [1.54, 1.807) is 13.0 Å². The average Bonchev–Trinajstić information content (AvgIpc) is 2.31. The third-order valence-electron chi connectivity index (χ3n) is 1.72. The Balaban J connectivity index is 2.52. The van der Waals surface area contributed by atoms with Gasteiger partial charge in [0, 0.05) is 5.02 Å². The number of nitriles is 1. The Kier molecular flexibility index (Phi) is 5.11. The van der Waals surface area contributed by atoms with Crippen LogP contribution >= 0.6 is 11.6 Å². The Morgan fingerprint density at radius 2 is 2.24 bits per heavy atom. The van der Waals surface area contributed by atoms with Gasteiger partial charge in [-0.05, 0) is 25.1 Å². The lowest BCUT2D eigenvalue weighted by Crippen LogP contribution is -2.12. The summed E-state index contributed by atoms with van der Waals surface area (Å²) in [5.74, 6) is 0.293. The molecule has 0 spiro atoms. The van der Waals surface area contributed by atoms with Gasteiger partial charge < -0.3 is 14.2 Å². The lowest BCUT2D eigenvalue weighted by molar-refractivity contribution is 0.00678. The van der Waals surface area contributed by atoms with E-state index >= 15 is 0 Å². The third kappa shape index (κ3) is 4.21. The molecule has 0 saturated heterocycles. The third-order valence-corrected chi connectivity index (χ3v) is 1.95. The maximum atomic E-state index is 10.8. The fourth-order valence-corrected chi connectivity index (χ4v) is 1.19. The quantitative estimate of drug-likeness (QED) is 0.611. The van der Waals surface area contributed by atoms with Crippen molar-refractivity contribution in [3.05, 3.63) is 28.8 Å². The van der Waals surface area contributed by atoms with Crippen molar-refractivity contribution in [2.45, 2.75) is 6.92 Å². The number of carbonyl (C=O) groups is 1. The van der Waals surface area contributed by atoms with Crippen molar-refractivity contribution in [2.24, 2.45) is 0 Å². The van der Waals surface area contributed by atoms with E-state index in [1.807, 2.05) is 6.07 Å². The number of carbonyl (C=O) groups excluding carboxylic acids is 1. The number of ether oxygens (including phenoxy) is 3. The highest BCUT2D eigenvalue weighted by Crippen LogP contribution is 2.21. The molecule has 0 aliphatic carbocycles. The van der Waals surface area contributed by atoms with Gasteiger partial charge in [-0.15, -0.1) is 0 Å². The molecule has 0 aliphatic heterocycles. The van der Waals surface area contributed by atoms with E-state index in [0.29, 0.717) is 10.8 Å². The number of nitrogens with zero attached hydrogens (tertiary/aromatic N) is 1. The first-order chi connectivity index (χ1) is 8.17. The fraction of sp³-hybridized carbons (Fsp3) is 0.273. The van der Waals surface area contributed by atoms with E-state index in [-0.39, 0.29) is 19.0 Å². The Hall–Kier alpha value is -1.93. The van der Waals surface area contributed by atoms with Gasteiger partial charge in [0.2, 0.25) is 6.79 Å². The number of benzene rings is 1. The van der Waals surface area contributed by atoms with Crippen LogP contribution in [0.4, 0.5) is 4.79 Å². The fourth-order valence-electron chi connectivity index (χ4n) is 1.02. The summed E-state index contributed by atoms with van der Waals surface area (Å²) in [5.41, 5.74) is 0.268. The van der Waals surface area contributed by atoms with Crippen molar-refractivity contribution in [1.29, 1.82) is 5.26 Å². The maximum absolute atomic E-state index is 10.8. The summed E-state index contributed by atoms with van der Waals surface area (Å²) >= 11 is 5.71. The van der Waals surface area contributed by atoms with E-state index in [0.717, 1.165) is 0 Å². The number of hydrogen-bond donors (Lipinski definition) is 0. The van der Waals surface area contributed by atoms with Crippen molar-refractivity contribution in [2.75, 3.05) is 13.4 Å². The van der Waals surface area contributed by atoms with E-state index in [2.05, 4.69) is 9.47 Å². The van der Waals surface area contributed by atoms with Crippen LogP contribution in [0, 0.1) is 11.3 Å². The molecule has 0 saturated carbocycles. The molecule has 0 bridgehead atoms. The molecule has 17 heavy (non-hydrogen) atoms. The predicted molar refractivity (Wildman–Crippen MR) is 59.8 cm³/mol. The Bertz CT molecular complexity index is 442. The molecule has 0 aliphatic rings. The highest BCUT2D eigenvalue weighted by molar-refractivity contribution is 6.30. The topological polar surface area (TPSA) is 68.6 Å². The monoisotopic (exact) mass is 255 g/mol. The van der Waals surface area contributed by atoms with Crippen LogP contribution in [0.25, 0.3) is 0 Å². The van der Waals surface area contributed by atoms with Gasteiger partial charge in [-0.1, -0.05) is 11.6 Å². The zero-order valence-corrected chi connectivity index (χ0v) is 9.86. The minimum Gasteiger partial charge on any atom is -0.456 e. The second-order valence-corrected chi connectivity index (χ2v) is 3.28. The Labute approximate surface area is 103 Å². The van der Waals surface area contributed by atoms with Crippen LogP contribution in [0.5, 0.6) is 5.75 Å². The minimum atomic E-state index is -0.819. The molecule has 0 radical (unpaired) electrons. The molecule has 0 fully saturated rings. The van der Waals surface area contributed by atoms with Gasteiger partial charge >= 0.3 is 6.16 Å². The highest BCUT2D eigenvalue weighted by Gasteiger charge is 2.06. The molecular weight excluding hydrogens is 246 g/mol. The van der Waals surface area contributed by atoms with Crippen molar-refractivity contribution in [3.63, 3.8) is 0 Å². The minimum absolute atomic E-state index is 0.225. The molecule has 0 aromatic heterocycles. The molecule has 1 aromatic rings. The number of halogens is 1. The molecule has 1 rings (SSSR count). The number of rotatable bonds is 4. The van der Waals surface area contributed by atoms with Crippen LogP contribution < -0.4 is 4.74 Å². The van der Waals surface area contributed by atoms with Gasteiger partial charge in [0.05, 0.1) is 12.2 Å². The molecule has 1 aromatic carbocycles. The molecule has 0 N–H and O–H groups in total. The SMILES string of the molecule is CCOC(=O)OCOc1ccc(Cl)cc1C#N. The normalized spacial score (nSPS) is 9.24. The van der Waals surface area contributed by atoms with Crippen LogP contribution in [0.1, 0.15) is 12.5 Å². The molecule has 0 atom stereocenters. The molecule has 5 nitrogen and oxygen atoms in total. The van der Waals surface area contributed by atoms with Gasteiger partial charge in [0.15, 0.2) is 0 Å². The zero-order valence-electron chi connectivity index (χ0n) is 9.10. The zero-order chi connectivity index (χ0) is 12.7. The second-order valence-electron chi connectivity index (χ2n) is 2.84. The summed E-state index contributed by atoms with van der Waals surface area (Å²) < 4.78 is 14.2. The maximum Gasteiger partial charge on any atom is 0.511 e. The first-order valence-corrected chi connectivity index (χ1v) is 5.17. The highest BCUT2D eigenvalue weighted by atomic mass is 35.5. The van der Waals surface area contributed by atoms with Crippen LogP contribution in [-0.2, 0) is 9.47 Å². The molecule has 0 heterocycles. The van der Waals surface area contributed by atoms with Gasteiger partial charge in [-0.3, -0.25) is 0 Å². The lowest BCUT2D eigenvalue weighted by Gasteiger charge is -2.08. The smallest absolute Gasteiger partial charge is 0.456 e. The molecule has 90 valence electrons. The summed E-state index contributed by atoms with van der Waals surface area (Å²) in [4.78, 5) is 10.8. The van der Waals surface area contributed by atoms with E-state index in [4.69, 9.17) is 21.6 Å². The summed E-state index contributed by atoms with van der Waals surface area (Å²) in [6.45, 7) is 1.56. The Morgan fingerprint density at radius 1 is 1.47 bits per heavy atom. The first-order valence-electron chi connectivity index (χ1n) is 4.79. The summed E-state index contributed by atoms with van der Waals surface area (Å²) in [5, 5.41) is 9.25. The van der Waals surface area contributed by atoms with E-state index in [9.17, 15) is 4.79 Å². The molecule has 0 amide bonds. The van der Waals surface area contributed by atoms with Crippen LogP contribution in [-0.4, -0.2) is 19.6 Å². The summed E-state index contributed by atoms with van der Waals surface area (Å²) in [6.07, 6.45) is -0.819. The predicted octanol–water partition coefficient (Wildman–Crippen LogP) is 2.72. The standard InChI is InChI=1S/C11H10ClNO4/c1-2-15-11(14)17-7-16-10-4-3-9(12)5-8(10)6-13/h3-5H,2,7H2,1H3. The van der Waals surface area contributed by atoms with Gasteiger partial charge in [-0.25, -0.2) is 4.79 Å². The van der Waals surface area contributed by atoms with Crippen molar-refractivity contribution < 1.29 is 19.0 Å². The van der Waals surface area contributed by atoms with Crippen LogP contribution in [0.3, 0.4) is 0 Å². The molecule has 0 unspecified atom stereocenters. The average molecular weight is 256 g/mol. The van der Waals surface area contributed by atoms with E-state index in [1.165, 1.54) is 12.1 Å². The van der Waals surface area contributed by atoms with Crippen molar-refractivity contribution >= 4 is 17.8 Å². The first kappa shape index (κ1) is 13.1. The number of hydrogen-bond acceptors (Lipinski definition) is 5. The lowest BCUT2D eigenvalue weighted by atomic mass is 10.2. The summed E-state index contributed by atoms with van der Waals surface area (Å²) in [7, 11) is 0. The van der Waals surface area contributed by atoms with Crippen LogP contribution in [0.15, 0.2) is 18.2 Å². The van der Waals surface area contributed by atoms with Gasteiger partial charge in [0.25, 0.3) is 0 Å². The molecular formula is C11H10ClNO4. The second kappa shape index (κ2) is 6.61. The van der Waals surface area contributed by atoms with Crippen molar-refractivity contribution in [1.82, 2.24) is 0 Å². The van der Waals surface area contributed by atoms with E-state index < -0.39 is 6.16 Å². The van der Waals surface area contributed by atoms with Crippen LogP contribution in [0.2, 0.25) is 5.02 Å².